The Balaban J connectivity index is 0.948. The van der Waals surface area contributed by atoms with Gasteiger partial charge in [0.1, 0.15) is 0 Å². The van der Waals surface area contributed by atoms with Crippen LogP contribution in [0.2, 0.25) is 0 Å². The van der Waals surface area contributed by atoms with E-state index in [9.17, 15) is 9.59 Å². The van der Waals surface area contributed by atoms with E-state index in [-0.39, 0.29) is 36.7 Å². The minimum atomic E-state index is -0.0456. The molecule has 360 valence electrons. The Hall–Kier alpha value is -6.18. The number of carbonyl (C=O) groups is 2. The molecule has 0 spiro atoms. The van der Waals surface area contributed by atoms with E-state index in [1.807, 2.05) is 12.1 Å². The number of hydrogen-bond acceptors (Lipinski definition) is 5. The van der Waals surface area contributed by atoms with E-state index in [2.05, 4.69) is 168 Å². The second-order valence-corrected chi connectivity index (χ2v) is 19.2. The van der Waals surface area contributed by atoms with Gasteiger partial charge in [0.05, 0.1) is 38.1 Å². The van der Waals surface area contributed by atoms with Gasteiger partial charge in [-0.15, -0.1) is 0 Å². The van der Waals surface area contributed by atoms with Crippen LogP contribution in [0.1, 0.15) is 136 Å². The van der Waals surface area contributed by atoms with Gasteiger partial charge in [0.25, 0.3) is 0 Å². The number of rotatable bonds is 22. The van der Waals surface area contributed by atoms with Crippen LogP contribution in [0.5, 0.6) is 0 Å². The molecule has 0 radical (unpaired) electrons. The van der Waals surface area contributed by atoms with E-state index < -0.39 is 0 Å². The highest BCUT2D eigenvalue weighted by Gasteiger charge is 2.25. The third-order valence-electron chi connectivity index (χ3n) is 14.2. The van der Waals surface area contributed by atoms with Crippen molar-refractivity contribution in [1.29, 1.82) is 0 Å². The van der Waals surface area contributed by atoms with Gasteiger partial charge in [-0.25, -0.2) is 0 Å². The molecule has 2 heterocycles. The van der Waals surface area contributed by atoms with Crippen molar-refractivity contribution in [2.45, 2.75) is 129 Å². The number of para-hydroxylation sites is 2. The topological polar surface area (TPSA) is 73.9 Å². The maximum Gasteiger partial charge on any atom is 0.224 e. The lowest BCUT2D eigenvalue weighted by Gasteiger charge is -2.33. The zero-order valence-corrected chi connectivity index (χ0v) is 41.3. The van der Waals surface area contributed by atoms with Gasteiger partial charge in [-0.1, -0.05) is 173 Å². The fraction of sp³-hybridized carbons (Fsp3) is 0.387. The van der Waals surface area contributed by atoms with Crippen LogP contribution in [0.4, 0.5) is 11.4 Å². The molecule has 2 saturated heterocycles. The largest absolute Gasteiger partial charge is 0.372 e. The number of unbranched alkanes of at least 4 members (excludes halogenated alkanes) is 2. The summed E-state index contributed by atoms with van der Waals surface area (Å²) in [5, 5.41) is 6.99. The van der Waals surface area contributed by atoms with Gasteiger partial charge in [-0.05, 0) is 119 Å². The zero-order chi connectivity index (χ0) is 47.6. The summed E-state index contributed by atoms with van der Waals surface area (Å²) in [6, 6.07) is 50.7. The van der Waals surface area contributed by atoms with Crippen molar-refractivity contribution >= 4 is 23.2 Å². The summed E-state index contributed by atoms with van der Waals surface area (Å²) in [4.78, 5) is 33.3. The van der Waals surface area contributed by atoms with E-state index in [0.29, 0.717) is 13.2 Å². The summed E-state index contributed by atoms with van der Waals surface area (Å²) in [5.41, 5.74) is 13.3. The molecule has 2 atom stereocenters. The molecule has 2 aliphatic heterocycles. The first-order valence-corrected chi connectivity index (χ1v) is 26.2. The van der Waals surface area contributed by atoms with Crippen LogP contribution in [0.15, 0.2) is 146 Å². The Morgan fingerprint density at radius 2 is 0.783 bits per heavy atom. The molecule has 0 aromatic heterocycles. The lowest BCUT2D eigenvalue weighted by molar-refractivity contribution is -0.122. The molecule has 7 nitrogen and oxygen atoms in total. The highest BCUT2D eigenvalue weighted by Crippen LogP contribution is 2.35. The fourth-order valence-corrected chi connectivity index (χ4v) is 10.6. The van der Waals surface area contributed by atoms with Crippen LogP contribution in [0.3, 0.4) is 0 Å². The molecule has 0 saturated carbocycles. The van der Waals surface area contributed by atoms with E-state index in [1.165, 1.54) is 61.0 Å². The smallest absolute Gasteiger partial charge is 0.224 e. The minimum absolute atomic E-state index is 0.0367. The average molecular weight is 923 g/mol. The van der Waals surface area contributed by atoms with Gasteiger partial charge < -0.3 is 25.2 Å². The van der Waals surface area contributed by atoms with Crippen molar-refractivity contribution in [2.24, 2.45) is 0 Å². The minimum Gasteiger partial charge on any atom is -0.372 e. The first-order valence-electron chi connectivity index (χ1n) is 26.2. The molecule has 2 aliphatic rings. The van der Waals surface area contributed by atoms with Crippen molar-refractivity contribution in [3.8, 4) is 22.3 Å². The fourth-order valence-electron chi connectivity index (χ4n) is 10.6. The lowest BCUT2D eigenvalue weighted by Crippen LogP contribution is -2.34. The number of nitrogens with zero attached hydrogens (tertiary/aromatic N) is 2. The van der Waals surface area contributed by atoms with Crippen molar-refractivity contribution in [1.82, 2.24) is 10.6 Å². The highest BCUT2D eigenvalue weighted by atomic mass is 16.5. The monoisotopic (exact) mass is 923 g/mol. The van der Waals surface area contributed by atoms with Crippen molar-refractivity contribution in [2.75, 3.05) is 36.0 Å². The van der Waals surface area contributed by atoms with E-state index in [1.54, 1.807) is 0 Å². The number of carbonyl (C=O) groups excluding carboxylic acids is 2. The van der Waals surface area contributed by atoms with Crippen molar-refractivity contribution in [3.63, 3.8) is 0 Å². The van der Waals surface area contributed by atoms with Crippen LogP contribution in [-0.2, 0) is 40.4 Å². The highest BCUT2D eigenvalue weighted by molar-refractivity contribution is 5.84. The average Bonchev–Trinajstić information content (AvgIpc) is 3.40. The van der Waals surface area contributed by atoms with E-state index in [4.69, 9.17) is 4.74 Å². The number of amides is 2. The molecule has 7 heteroatoms. The predicted molar refractivity (Wildman–Crippen MR) is 285 cm³/mol. The molecule has 2 unspecified atom stereocenters. The Morgan fingerprint density at radius 3 is 1.17 bits per heavy atom. The number of nitrogens with one attached hydrogen (secondary N) is 2. The summed E-state index contributed by atoms with van der Waals surface area (Å²) in [6.07, 6.45) is 14.0. The normalized spacial score (nSPS) is 14.8. The molecular weight excluding hydrogens is 849 g/mol. The Morgan fingerprint density at radius 1 is 0.449 bits per heavy atom. The standard InChI is InChI=1S/C62H74N4O3/c1-3-5-35-57(55-33-17-19-37-59(55)65-39-21-7-22-40-65)63-61(67)43-47-25-9-13-29-51(47)53-31-15-11-27-49(53)45-69-46-50-28-12-16-32-54(50)52-30-14-10-26-48(52)44-62(68)64-58(36-6-4-2)56-34-18-20-38-60(56)66-41-23-8-24-42-66/h9-20,25-34,37-38,57-58H,3-8,21-24,35-36,39-46H2,1-2H3,(H,63,67)(H,64,68). The summed E-state index contributed by atoms with van der Waals surface area (Å²) < 4.78 is 6.61. The van der Waals surface area contributed by atoms with Gasteiger partial charge in [0.15, 0.2) is 0 Å². The third kappa shape index (κ3) is 13.1. The second-order valence-electron chi connectivity index (χ2n) is 19.2. The summed E-state index contributed by atoms with van der Waals surface area (Å²) in [5.74, 6) is 0.0733. The summed E-state index contributed by atoms with van der Waals surface area (Å²) in [7, 11) is 0. The van der Waals surface area contributed by atoms with Gasteiger partial charge in [-0.3, -0.25) is 9.59 Å². The molecule has 69 heavy (non-hydrogen) atoms. The number of benzene rings is 6. The van der Waals surface area contributed by atoms with Gasteiger partial charge >= 0.3 is 0 Å². The molecule has 0 bridgehead atoms. The number of hydrogen-bond donors (Lipinski definition) is 2. The Bertz CT molecular complexity index is 2400. The summed E-state index contributed by atoms with van der Waals surface area (Å²) >= 11 is 0. The van der Waals surface area contributed by atoms with Crippen molar-refractivity contribution in [3.05, 3.63) is 179 Å². The molecular formula is C62H74N4O3. The molecule has 0 aliphatic carbocycles. The number of piperidine rings is 2. The molecule has 8 rings (SSSR count). The predicted octanol–water partition coefficient (Wildman–Crippen LogP) is 13.9. The van der Waals surface area contributed by atoms with Gasteiger partial charge in [0.2, 0.25) is 11.8 Å². The van der Waals surface area contributed by atoms with Crippen LogP contribution in [0.25, 0.3) is 22.3 Å². The SMILES string of the molecule is CCCCC(NC(=O)Cc1ccccc1-c1ccccc1COCc1ccccc1-c1ccccc1CC(=O)NC(CCCC)c1ccccc1N1CCCCC1)c1ccccc1N1CCCCC1. The Labute approximate surface area is 412 Å². The molecule has 6 aromatic rings. The molecule has 2 fully saturated rings. The van der Waals surface area contributed by atoms with Crippen LogP contribution >= 0.6 is 0 Å². The van der Waals surface area contributed by atoms with Gasteiger partial charge in [0, 0.05) is 37.6 Å². The quantitative estimate of drug-likeness (QED) is 0.0710. The third-order valence-corrected chi connectivity index (χ3v) is 14.2. The second kappa shape index (κ2) is 25.4. The Kier molecular flexibility index (Phi) is 18.2. The zero-order valence-electron chi connectivity index (χ0n) is 41.3. The maximum atomic E-state index is 14.1. The lowest BCUT2D eigenvalue weighted by atomic mass is 9.93. The van der Waals surface area contributed by atoms with Crippen LogP contribution in [-0.4, -0.2) is 38.0 Å². The number of anilines is 2. The molecule has 6 aromatic carbocycles. The number of ether oxygens (including phenoxy) is 1. The molecule has 2 amide bonds. The first kappa shape index (κ1) is 49.2. The summed E-state index contributed by atoms with van der Waals surface area (Å²) in [6.45, 7) is 9.51. The molecule has 2 N–H and O–H groups in total. The first-order chi connectivity index (χ1) is 34.0. The van der Waals surface area contributed by atoms with Gasteiger partial charge in [-0.2, -0.15) is 0 Å². The van der Waals surface area contributed by atoms with E-state index in [0.717, 1.165) is 109 Å². The maximum absolute atomic E-state index is 14.1. The van der Waals surface area contributed by atoms with Crippen LogP contribution in [0, 0.1) is 0 Å². The van der Waals surface area contributed by atoms with Crippen LogP contribution < -0.4 is 20.4 Å². The van der Waals surface area contributed by atoms with Crippen molar-refractivity contribution < 1.29 is 14.3 Å². The van der Waals surface area contributed by atoms with E-state index >= 15 is 0 Å².